The molecule has 0 spiro atoms. The molecule has 1 aromatic carbocycles. The van der Waals surface area contributed by atoms with Gasteiger partial charge in [0.1, 0.15) is 6.04 Å². The highest BCUT2D eigenvalue weighted by Crippen LogP contribution is 2.55. The zero-order valence-electron chi connectivity index (χ0n) is 19.6. The van der Waals surface area contributed by atoms with Crippen LogP contribution in [-0.4, -0.2) is 44.5 Å². The molecule has 0 aliphatic heterocycles. The zero-order chi connectivity index (χ0) is 24.5. The molecule has 3 amide bonds. The number of carbonyl (C=O) groups is 3. The number of ether oxygens (including phenoxy) is 1. The summed E-state index contributed by atoms with van der Waals surface area (Å²) >= 11 is 0. The van der Waals surface area contributed by atoms with Gasteiger partial charge in [-0.25, -0.2) is 13.2 Å². The molecular weight excluding hydrogens is 458 g/mol. The normalized spacial score (nSPS) is 28.4. The quantitative estimate of drug-likeness (QED) is 0.479. The number of hydrogen-bond acceptors (Lipinski definition) is 6. The molecule has 4 saturated carbocycles. The maximum Gasteiger partial charge on any atom is 0.324 e. The maximum absolute atomic E-state index is 12.6. The molecular formula is C24H33N3O6S. The lowest BCUT2D eigenvalue weighted by molar-refractivity contribution is -0.150. The fourth-order valence-corrected chi connectivity index (χ4v) is 7.57. The van der Waals surface area contributed by atoms with Crippen LogP contribution in [0.15, 0.2) is 35.2 Å². The molecule has 0 unspecified atom stereocenters. The molecule has 0 radical (unpaired) electrons. The lowest BCUT2D eigenvalue weighted by atomic mass is 9.53. The van der Waals surface area contributed by atoms with Crippen molar-refractivity contribution in [1.82, 2.24) is 15.4 Å². The van der Waals surface area contributed by atoms with Gasteiger partial charge in [0.05, 0.1) is 4.90 Å². The Kier molecular flexibility index (Phi) is 7.00. The summed E-state index contributed by atoms with van der Waals surface area (Å²) in [5.74, 6) is -0.119. The van der Waals surface area contributed by atoms with E-state index >= 15 is 0 Å². The van der Waals surface area contributed by atoms with Crippen molar-refractivity contribution in [3.05, 3.63) is 30.3 Å². The summed E-state index contributed by atoms with van der Waals surface area (Å²) < 4.78 is 32.6. The molecule has 1 atom stereocenters. The Labute approximate surface area is 200 Å². The maximum atomic E-state index is 12.6. The molecule has 1 aromatic rings. The van der Waals surface area contributed by atoms with E-state index in [-0.39, 0.29) is 10.4 Å². The molecule has 186 valence electrons. The van der Waals surface area contributed by atoms with Crippen molar-refractivity contribution in [3.63, 3.8) is 0 Å². The van der Waals surface area contributed by atoms with Gasteiger partial charge in [-0.2, -0.15) is 4.72 Å². The summed E-state index contributed by atoms with van der Waals surface area (Å²) in [7, 11) is -3.95. The van der Waals surface area contributed by atoms with Crippen LogP contribution in [0.3, 0.4) is 0 Å². The van der Waals surface area contributed by atoms with Crippen molar-refractivity contribution in [1.29, 1.82) is 0 Å². The molecule has 4 fully saturated rings. The highest BCUT2D eigenvalue weighted by atomic mass is 32.2. The first-order valence-electron chi connectivity index (χ1n) is 11.9. The van der Waals surface area contributed by atoms with Crippen LogP contribution in [0.1, 0.15) is 52.4 Å². The van der Waals surface area contributed by atoms with Gasteiger partial charge in [0.15, 0.2) is 6.61 Å². The van der Waals surface area contributed by atoms with Gasteiger partial charge in [0.25, 0.3) is 5.91 Å². The Balaban J connectivity index is 1.27. The van der Waals surface area contributed by atoms with Gasteiger partial charge in [-0.3, -0.25) is 14.9 Å². The van der Waals surface area contributed by atoms with E-state index in [1.807, 2.05) is 0 Å². The predicted molar refractivity (Wildman–Crippen MR) is 124 cm³/mol. The molecule has 0 aromatic heterocycles. The number of amides is 3. The van der Waals surface area contributed by atoms with Gasteiger partial charge in [-0.05, 0) is 74.3 Å². The standard InChI is InChI=1S/C24H33N3O6S/c1-15(2)21(27-34(31,32)19-6-4-3-5-7-19)22(29)33-14-20(28)25-23(30)26-24-11-16-8-17(12-24)10-18(9-16)13-24/h3-7,15-18,21,27H,8-14H2,1-2H3,(H2,25,26,28,30)/t16?,17?,18?,21-,24?/m0/s1. The molecule has 3 N–H and O–H groups in total. The highest BCUT2D eigenvalue weighted by molar-refractivity contribution is 7.89. The van der Waals surface area contributed by atoms with Crippen LogP contribution in [0.25, 0.3) is 0 Å². The average molecular weight is 492 g/mol. The van der Waals surface area contributed by atoms with E-state index in [9.17, 15) is 22.8 Å². The summed E-state index contributed by atoms with van der Waals surface area (Å²) in [5.41, 5.74) is -0.242. The van der Waals surface area contributed by atoms with Crippen LogP contribution in [0, 0.1) is 23.7 Å². The van der Waals surface area contributed by atoms with Crippen molar-refractivity contribution < 1.29 is 27.5 Å². The van der Waals surface area contributed by atoms with E-state index in [1.54, 1.807) is 32.0 Å². The molecule has 10 heteroatoms. The SMILES string of the molecule is CC(C)[C@H](NS(=O)(=O)c1ccccc1)C(=O)OCC(=O)NC(=O)NC12CC3CC(CC(C3)C1)C2. The molecule has 4 aliphatic carbocycles. The first-order valence-corrected chi connectivity index (χ1v) is 13.4. The second-order valence-electron chi connectivity index (χ2n) is 10.5. The minimum absolute atomic E-state index is 0.0209. The van der Waals surface area contributed by atoms with Crippen LogP contribution < -0.4 is 15.4 Å². The van der Waals surface area contributed by atoms with Crippen LogP contribution in [0.2, 0.25) is 0 Å². The van der Waals surface area contributed by atoms with Gasteiger partial charge in [0, 0.05) is 5.54 Å². The third-order valence-electron chi connectivity index (χ3n) is 7.27. The second kappa shape index (κ2) is 9.65. The molecule has 0 heterocycles. The van der Waals surface area contributed by atoms with Crippen molar-refractivity contribution in [3.8, 4) is 0 Å². The zero-order valence-corrected chi connectivity index (χ0v) is 20.4. The number of sulfonamides is 1. The first kappa shape index (κ1) is 24.7. The largest absolute Gasteiger partial charge is 0.454 e. The van der Waals surface area contributed by atoms with Crippen molar-refractivity contribution in [2.24, 2.45) is 23.7 Å². The van der Waals surface area contributed by atoms with Gasteiger partial charge >= 0.3 is 12.0 Å². The topological polar surface area (TPSA) is 131 Å². The number of carbonyl (C=O) groups excluding carboxylic acids is 3. The second-order valence-corrected chi connectivity index (χ2v) is 12.2. The Morgan fingerprint density at radius 2 is 1.56 bits per heavy atom. The van der Waals surface area contributed by atoms with E-state index in [2.05, 4.69) is 15.4 Å². The van der Waals surface area contributed by atoms with Gasteiger partial charge in [-0.15, -0.1) is 0 Å². The summed E-state index contributed by atoms with van der Waals surface area (Å²) in [6.07, 6.45) is 6.57. The summed E-state index contributed by atoms with van der Waals surface area (Å²) in [4.78, 5) is 37.3. The fourth-order valence-electron chi connectivity index (χ4n) is 6.22. The molecule has 0 saturated heterocycles. The Morgan fingerprint density at radius 1 is 1.00 bits per heavy atom. The number of rotatable bonds is 8. The lowest BCUT2D eigenvalue weighted by Crippen LogP contribution is -2.62. The number of benzene rings is 1. The van der Waals surface area contributed by atoms with Crippen molar-refractivity contribution in [2.45, 2.75) is 68.8 Å². The Morgan fingerprint density at radius 3 is 2.09 bits per heavy atom. The van der Waals surface area contributed by atoms with E-state index in [0.29, 0.717) is 17.8 Å². The number of esters is 1. The predicted octanol–water partition coefficient (Wildman–Crippen LogP) is 2.33. The van der Waals surface area contributed by atoms with Gasteiger partial charge < -0.3 is 10.1 Å². The Bertz CT molecular complexity index is 1000. The van der Waals surface area contributed by atoms with Crippen molar-refractivity contribution >= 4 is 27.9 Å². The number of hydrogen-bond donors (Lipinski definition) is 3. The molecule has 34 heavy (non-hydrogen) atoms. The summed E-state index contributed by atoms with van der Waals surface area (Å²) in [6.45, 7) is 2.65. The Hall–Kier alpha value is -2.46. The summed E-state index contributed by atoms with van der Waals surface area (Å²) in [5, 5.41) is 5.28. The van der Waals surface area contributed by atoms with Gasteiger partial charge in [-0.1, -0.05) is 32.0 Å². The van der Waals surface area contributed by atoms with E-state index < -0.39 is 46.5 Å². The van der Waals surface area contributed by atoms with Crippen LogP contribution in [0.5, 0.6) is 0 Å². The minimum Gasteiger partial charge on any atom is -0.454 e. The smallest absolute Gasteiger partial charge is 0.324 e. The molecule has 4 aliphatic rings. The van der Waals surface area contributed by atoms with E-state index in [4.69, 9.17) is 4.74 Å². The van der Waals surface area contributed by atoms with Crippen molar-refractivity contribution in [2.75, 3.05) is 6.61 Å². The number of nitrogens with one attached hydrogen (secondary N) is 3. The summed E-state index contributed by atoms with van der Waals surface area (Å²) in [6, 6.07) is 5.92. The van der Waals surface area contributed by atoms with Crippen LogP contribution in [-0.2, 0) is 24.3 Å². The molecule has 5 rings (SSSR count). The lowest BCUT2D eigenvalue weighted by Gasteiger charge is -2.56. The first-order chi connectivity index (χ1) is 16.1. The highest BCUT2D eigenvalue weighted by Gasteiger charge is 2.51. The average Bonchev–Trinajstić information content (AvgIpc) is 2.75. The van der Waals surface area contributed by atoms with Gasteiger partial charge in [0.2, 0.25) is 10.0 Å². The monoisotopic (exact) mass is 491 g/mol. The number of imide groups is 1. The molecule has 9 nitrogen and oxygen atoms in total. The molecule has 4 bridgehead atoms. The fraction of sp³-hybridized carbons (Fsp3) is 0.625. The third kappa shape index (κ3) is 5.60. The van der Waals surface area contributed by atoms with E-state index in [1.165, 1.54) is 31.4 Å². The number of urea groups is 1. The van der Waals surface area contributed by atoms with Crippen LogP contribution in [0.4, 0.5) is 4.79 Å². The minimum atomic E-state index is -3.95. The van der Waals surface area contributed by atoms with Crippen LogP contribution >= 0.6 is 0 Å². The third-order valence-corrected chi connectivity index (χ3v) is 8.73. The van der Waals surface area contributed by atoms with E-state index in [0.717, 1.165) is 19.3 Å².